The number of nitrogens with zero attached hydrogens (tertiary/aromatic N) is 2. The summed E-state index contributed by atoms with van der Waals surface area (Å²) in [5, 5.41) is 0. The van der Waals surface area contributed by atoms with Gasteiger partial charge in [0.1, 0.15) is 5.75 Å². The predicted molar refractivity (Wildman–Crippen MR) is 78.1 cm³/mol. The molecule has 0 saturated heterocycles. The zero-order valence-electron chi connectivity index (χ0n) is 11.6. The molecule has 0 amide bonds. The zero-order chi connectivity index (χ0) is 15.0. The third kappa shape index (κ3) is 2.50. The van der Waals surface area contributed by atoms with Crippen LogP contribution in [-0.4, -0.2) is 31.3 Å². The van der Waals surface area contributed by atoms with Crippen molar-refractivity contribution >= 4 is 21.6 Å². The lowest BCUT2D eigenvalue weighted by atomic mass is 10.2. The maximum atomic E-state index is 12.5. The van der Waals surface area contributed by atoms with Crippen LogP contribution in [0, 0.1) is 0 Å². The Kier molecular flexibility index (Phi) is 3.60. The minimum absolute atomic E-state index is 0.292. The molecule has 1 aliphatic heterocycles. The first-order chi connectivity index (χ1) is 10.0. The van der Waals surface area contributed by atoms with Gasteiger partial charge in [0.2, 0.25) is 15.9 Å². The molecule has 0 fully saturated rings. The summed E-state index contributed by atoms with van der Waals surface area (Å²) in [5.41, 5.74) is 0.755. The van der Waals surface area contributed by atoms with Gasteiger partial charge in [-0.1, -0.05) is 0 Å². The molecule has 3 rings (SSSR count). The van der Waals surface area contributed by atoms with Crippen LogP contribution in [0.25, 0.3) is 0 Å². The third-order valence-electron chi connectivity index (χ3n) is 3.31. The molecule has 0 atom stereocenters. The Hall–Kier alpha value is -1.64. The van der Waals surface area contributed by atoms with Crippen molar-refractivity contribution in [1.82, 2.24) is 8.68 Å². The van der Waals surface area contributed by atoms with Crippen molar-refractivity contribution in [3.05, 3.63) is 34.7 Å². The number of aromatic nitrogens is 1. The first-order valence-corrected chi connectivity index (χ1v) is 8.42. The number of hydrogen-bond donors (Lipinski definition) is 0. The van der Waals surface area contributed by atoms with Crippen molar-refractivity contribution in [1.29, 1.82) is 0 Å². The van der Waals surface area contributed by atoms with Gasteiger partial charge in [0.15, 0.2) is 0 Å². The molecule has 6 nitrogen and oxygen atoms in total. The smallest absolute Gasteiger partial charge is 0.244 e. The van der Waals surface area contributed by atoms with Crippen molar-refractivity contribution in [2.75, 3.05) is 14.2 Å². The molecule has 2 aromatic rings. The maximum Gasteiger partial charge on any atom is 0.244 e. The second-order valence-electron chi connectivity index (χ2n) is 4.58. The quantitative estimate of drug-likeness (QED) is 0.858. The van der Waals surface area contributed by atoms with Crippen molar-refractivity contribution in [2.45, 2.75) is 18.0 Å². The lowest BCUT2D eigenvalue weighted by molar-refractivity contribution is 0.399. The molecule has 0 spiro atoms. The topological polar surface area (TPSA) is 68.7 Å². The molecule has 0 saturated carbocycles. The molecule has 0 radical (unpaired) electrons. The summed E-state index contributed by atoms with van der Waals surface area (Å²) < 4.78 is 40.7. The Morgan fingerprint density at radius 2 is 2.10 bits per heavy atom. The van der Waals surface area contributed by atoms with E-state index in [2.05, 4.69) is 4.37 Å². The van der Waals surface area contributed by atoms with Gasteiger partial charge >= 0.3 is 0 Å². The molecule has 0 N–H and O–H groups in total. The summed E-state index contributed by atoms with van der Waals surface area (Å²) in [7, 11) is -0.354. The van der Waals surface area contributed by atoms with Crippen molar-refractivity contribution in [3.63, 3.8) is 0 Å². The maximum absolute atomic E-state index is 12.5. The molecule has 0 bridgehead atoms. The molecule has 1 aromatic carbocycles. The van der Waals surface area contributed by atoms with E-state index in [4.69, 9.17) is 9.47 Å². The van der Waals surface area contributed by atoms with Gasteiger partial charge in [0.05, 0.1) is 25.7 Å². The van der Waals surface area contributed by atoms with Crippen molar-refractivity contribution < 1.29 is 17.9 Å². The van der Waals surface area contributed by atoms with E-state index in [-0.39, 0.29) is 0 Å². The first kappa shape index (κ1) is 14.3. The number of ether oxygens (including phenoxy) is 2. The van der Waals surface area contributed by atoms with Gasteiger partial charge in [0.25, 0.3) is 0 Å². The molecule has 1 aliphatic rings. The Morgan fingerprint density at radius 3 is 2.76 bits per heavy atom. The first-order valence-electron chi connectivity index (χ1n) is 6.21. The van der Waals surface area contributed by atoms with E-state index in [0.29, 0.717) is 29.6 Å². The van der Waals surface area contributed by atoms with Crippen molar-refractivity contribution in [2.24, 2.45) is 0 Å². The summed E-state index contributed by atoms with van der Waals surface area (Å²) in [4.78, 5) is 1.19. The summed E-state index contributed by atoms with van der Waals surface area (Å²) >= 11 is 1.24. The van der Waals surface area contributed by atoms with Crippen LogP contribution in [0.15, 0.2) is 29.2 Å². The molecule has 0 unspecified atom stereocenters. The Balaban J connectivity index is 1.89. The fourth-order valence-electron chi connectivity index (χ4n) is 2.25. The number of rotatable bonds is 4. The molecule has 21 heavy (non-hydrogen) atoms. The Labute approximate surface area is 127 Å². The predicted octanol–water partition coefficient (Wildman–Crippen LogP) is 1.86. The standard InChI is InChI=1S/C13H14N2O4S2/c1-18-10-3-4-12-9(5-10)7-15(21(12,16)17)8-11-6-13(19-2)14-20-11/h3-6H,7-8H2,1-2H3. The summed E-state index contributed by atoms with van der Waals surface area (Å²) in [6, 6.07) is 6.77. The molecular weight excluding hydrogens is 312 g/mol. The Morgan fingerprint density at radius 1 is 1.29 bits per heavy atom. The van der Waals surface area contributed by atoms with Gasteiger partial charge in [-0.3, -0.25) is 0 Å². The van der Waals surface area contributed by atoms with Crippen LogP contribution in [0.1, 0.15) is 10.4 Å². The minimum Gasteiger partial charge on any atom is -0.497 e. The van der Waals surface area contributed by atoms with Crippen molar-refractivity contribution in [3.8, 4) is 11.6 Å². The lowest BCUT2D eigenvalue weighted by Gasteiger charge is -2.12. The highest BCUT2D eigenvalue weighted by atomic mass is 32.2. The summed E-state index contributed by atoms with van der Waals surface area (Å²) in [6.07, 6.45) is 0. The number of sulfonamides is 1. The van der Waals surface area contributed by atoms with Gasteiger partial charge in [-0.2, -0.15) is 8.68 Å². The van der Waals surface area contributed by atoms with E-state index in [1.54, 1.807) is 31.4 Å². The lowest BCUT2D eigenvalue weighted by Crippen LogP contribution is -2.23. The second-order valence-corrected chi connectivity index (χ2v) is 7.38. The fraction of sp³-hybridized carbons (Fsp3) is 0.308. The second kappa shape index (κ2) is 5.28. The van der Waals surface area contributed by atoms with Crippen LogP contribution in [0.5, 0.6) is 11.6 Å². The van der Waals surface area contributed by atoms with Crippen LogP contribution in [0.4, 0.5) is 0 Å². The molecule has 2 heterocycles. The highest BCUT2D eigenvalue weighted by molar-refractivity contribution is 7.89. The highest BCUT2D eigenvalue weighted by Crippen LogP contribution is 2.34. The average Bonchev–Trinajstić information content (AvgIpc) is 3.02. The van der Waals surface area contributed by atoms with Crippen LogP contribution in [0.3, 0.4) is 0 Å². The SMILES string of the molecule is COc1ccc2c(c1)CN(Cc1cc(OC)ns1)S2(=O)=O. The average molecular weight is 326 g/mol. The van der Waals surface area contributed by atoms with E-state index in [0.717, 1.165) is 10.4 Å². The number of methoxy groups -OCH3 is 2. The van der Waals surface area contributed by atoms with Gasteiger partial charge in [-0.05, 0) is 35.3 Å². The van der Waals surface area contributed by atoms with Gasteiger partial charge < -0.3 is 9.47 Å². The number of fused-ring (bicyclic) bond motifs is 1. The van der Waals surface area contributed by atoms with E-state index in [1.807, 2.05) is 0 Å². The van der Waals surface area contributed by atoms with Gasteiger partial charge in [-0.25, -0.2) is 8.42 Å². The molecule has 112 valence electrons. The summed E-state index contributed by atoms with van der Waals surface area (Å²) in [5.74, 6) is 1.16. The van der Waals surface area contributed by atoms with Crippen LogP contribution < -0.4 is 9.47 Å². The van der Waals surface area contributed by atoms with E-state index in [9.17, 15) is 8.42 Å². The van der Waals surface area contributed by atoms with E-state index >= 15 is 0 Å². The molecule has 8 heteroatoms. The number of hydrogen-bond acceptors (Lipinski definition) is 6. The highest BCUT2D eigenvalue weighted by Gasteiger charge is 2.35. The normalized spacial score (nSPS) is 16.7. The minimum atomic E-state index is -3.45. The molecular formula is C13H14N2O4S2. The van der Waals surface area contributed by atoms with Crippen LogP contribution in [0.2, 0.25) is 0 Å². The van der Waals surface area contributed by atoms with Crippen LogP contribution >= 0.6 is 11.5 Å². The monoisotopic (exact) mass is 326 g/mol. The Bertz CT molecular complexity index is 768. The fourth-order valence-corrected chi connectivity index (χ4v) is 4.63. The molecule has 1 aromatic heterocycles. The third-order valence-corrected chi connectivity index (χ3v) is 5.96. The van der Waals surface area contributed by atoms with Gasteiger partial charge in [0, 0.05) is 17.5 Å². The van der Waals surface area contributed by atoms with Gasteiger partial charge in [-0.15, -0.1) is 0 Å². The largest absolute Gasteiger partial charge is 0.497 e. The van der Waals surface area contributed by atoms with E-state index < -0.39 is 10.0 Å². The molecule has 0 aliphatic carbocycles. The zero-order valence-corrected chi connectivity index (χ0v) is 13.2. The number of benzene rings is 1. The van der Waals surface area contributed by atoms with E-state index in [1.165, 1.54) is 22.9 Å². The van der Waals surface area contributed by atoms with Crippen LogP contribution in [-0.2, 0) is 23.1 Å². The summed E-state index contributed by atoms with van der Waals surface area (Å²) in [6.45, 7) is 0.634.